The zero-order chi connectivity index (χ0) is 11.5. The number of nitrogen functional groups attached to an aromatic ring is 1. The third-order valence-corrected chi connectivity index (χ3v) is 2.48. The monoisotopic (exact) mass is 214 g/mol. The highest BCUT2D eigenvalue weighted by atomic mass is 14.9. The van der Waals surface area contributed by atoms with E-state index >= 15 is 0 Å². The van der Waals surface area contributed by atoms with E-state index in [0.717, 1.165) is 22.8 Å². The Kier molecular flexibility index (Phi) is 2.81. The van der Waals surface area contributed by atoms with Gasteiger partial charge < -0.3 is 5.73 Å². The Labute approximate surface area is 94.6 Å². The quantitative estimate of drug-likeness (QED) is 0.825. The molecule has 4 heteroatoms. The lowest BCUT2D eigenvalue weighted by molar-refractivity contribution is 0.946. The molecule has 82 valence electrons. The van der Waals surface area contributed by atoms with Crippen LogP contribution in [0, 0.1) is 13.8 Å². The number of pyridine rings is 1. The molecule has 0 fully saturated rings. The predicted octanol–water partition coefficient (Wildman–Crippen LogP) is 1.66. The van der Waals surface area contributed by atoms with E-state index in [1.54, 1.807) is 6.20 Å². The summed E-state index contributed by atoms with van der Waals surface area (Å²) >= 11 is 0. The van der Waals surface area contributed by atoms with Crippen molar-refractivity contribution in [1.82, 2.24) is 15.0 Å². The summed E-state index contributed by atoms with van der Waals surface area (Å²) in [5.74, 6) is 0.494. The third-order valence-electron chi connectivity index (χ3n) is 2.48. The molecule has 0 spiro atoms. The van der Waals surface area contributed by atoms with Gasteiger partial charge in [0.05, 0.1) is 17.1 Å². The van der Waals surface area contributed by atoms with Gasteiger partial charge in [-0.1, -0.05) is 6.07 Å². The predicted molar refractivity (Wildman–Crippen MR) is 63.0 cm³/mol. The summed E-state index contributed by atoms with van der Waals surface area (Å²) in [4.78, 5) is 12.9. The van der Waals surface area contributed by atoms with Gasteiger partial charge in [0, 0.05) is 18.3 Å². The van der Waals surface area contributed by atoms with Crippen LogP contribution in [-0.4, -0.2) is 15.0 Å². The van der Waals surface area contributed by atoms with Crippen LogP contribution < -0.4 is 5.73 Å². The molecule has 0 amide bonds. The minimum atomic E-state index is 0.494. The first kappa shape index (κ1) is 10.5. The Morgan fingerprint density at radius 1 is 1.12 bits per heavy atom. The molecular formula is C12H14N4. The first-order chi connectivity index (χ1) is 7.66. The van der Waals surface area contributed by atoms with Gasteiger partial charge >= 0.3 is 0 Å². The lowest BCUT2D eigenvalue weighted by atomic mass is 10.2. The summed E-state index contributed by atoms with van der Waals surface area (Å²) in [5.41, 5.74) is 9.37. The van der Waals surface area contributed by atoms with E-state index in [9.17, 15) is 0 Å². The molecule has 0 radical (unpaired) electrons. The second-order valence-corrected chi connectivity index (χ2v) is 3.72. The average molecular weight is 214 g/mol. The Bertz CT molecular complexity index is 494. The summed E-state index contributed by atoms with van der Waals surface area (Å²) in [5, 5.41) is 0. The largest absolute Gasteiger partial charge is 0.382 e. The Hall–Kier alpha value is -1.97. The summed E-state index contributed by atoms with van der Waals surface area (Å²) in [6, 6.07) is 5.79. The van der Waals surface area contributed by atoms with Gasteiger partial charge in [-0.05, 0) is 26.0 Å². The minimum Gasteiger partial charge on any atom is -0.382 e. The maximum atomic E-state index is 5.84. The number of aromatic nitrogens is 3. The molecule has 0 aliphatic heterocycles. The number of hydrogen-bond acceptors (Lipinski definition) is 4. The van der Waals surface area contributed by atoms with Crippen LogP contribution in [0.15, 0.2) is 24.4 Å². The van der Waals surface area contributed by atoms with E-state index in [1.807, 2.05) is 32.0 Å². The van der Waals surface area contributed by atoms with Crippen molar-refractivity contribution in [2.24, 2.45) is 0 Å². The number of hydrogen-bond donors (Lipinski definition) is 1. The van der Waals surface area contributed by atoms with Gasteiger partial charge in [-0.3, -0.25) is 9.97 Å². The average Bonchev–Trinajstić information content (AvgIpc) is 2.27. The number of nitrogens with two attached hydrogens (primary N) is 1. The van der Waals surface area contributed by atoms with Crippen molar-refractivity contribution in [3.8, 4) is 0 Å². The van der Waals surface area contributed by atoms with Crippen LogP contribution in [-0.2, 0) is 6.42 Å². The summed E-state index contributed by atoms with van der Waals surface area (Å²) < 4.78 is 0. The maximum Gasteiger partial charge on any atom is 0.145 e. The van der Waals surface area contributed by atoms with Crippen molar-refractivity contribution in [2.45, 2.75) is 20.3 Å². The van der Waals surface area contributed by atoms with Crippen LogP contribution in [0.4, 0.5) is 5.82 Å². The fraction of sp³-hybridized carbons (Fsp3) is 0.250. The molecule has 2 N–H and O–H groups in total. The highest BCUT2D eigenvalue weighted by molar-refractivity contribution is 5.38. The highest BCUT2D eigenvalue weighted by Gasteiger charge is 2.07. The second-order valence-electron chi connectivity index (χ2n) is 3.72. The fourth-order valence-electron chi connectivity index (χ4n) is 1.47. The van der Waals surface area contributed by atoms with Crippen LogP contribution in [0.25, 0.3) is 0 Å². The molecule has 0 aliphatic rings. The van der Waals surface area contributed by atoms with Gasteiger partial charge in [0.25, 0.3) is 0 Å². The zero-order valence-electron chi connectivity index (χ0n) is 9.44. The maximum absolute atomic E-state index is 5.84. The number of aryl methyl sites for hydroxylation is 2. The molecule has 0 atom stereocenters. The lowest BCUT2D eigenvalue weighted by Gasteiger charge is -2.06. The van der Waals surface area contributed by atoms with Gasteiger partial charge in [0.15, 0.2) is 0 Å². The van der Waals surface area contributed by atoms with Crippen LogP contribution in [0.1, 0.15) is 22.8 Å². The molecule has 16 heavy (non-hydrogen) atoms. The molecule has 2 heterocycles. The fourth-order valence-corrected chi connectivity index (χ4v) is 1.47. The van der Waals surface area contributed by atoms with E-state index in [1.165, 1.54) is 0 Å². The first-order valence-corrected chi connectivity index (χ1v) is 5.16. The van der Waals surface area contributed by atoms with E-state index in [4.69, 9.17) is 5.73 Å². The van der Waals surface area contributed by atoms with Gasteiger partial charge in [-0.15, -0.1) is 0 Å². The minimum absolute atomic E-state index is 0.494. The normalized spacial score (nSPS) is 10.4. The van der Waals surface area contributed by atoms with E-state index < -0.39 is 0 Å². The van der Waals surface area contributed by atoms with E-state index in [2.05, 4.69) is 15.0 Å². The summed E-state index contributed by atoms with van der Waals surface area (Å²) in [7, 11) is 0. The first-order valence-electron chi connectivity index (χ1n) is 5.16. The van der Waals surface area contributed by atoms with Crippen molar-refractivity contribution in [3.05, 3.63) is 47.2 Å². The molecule has 0 unspecified atom stereocenters. The van der Waals surface area contributed by atoms with Gasteiger partial charge in [0.1, 0.15) is 5.82 Å². The number of nitrogens with zero attached hydrogens (tertiary/aromatic N) is 3. The molecule has 0 aromatic carbocycles. The molecule has 2 rings (SSSR count). The topological polar surface area (TPSA) is 64.7 Å². The van der Waals surface area contributed by atoms with Crippen molar-refractivity contribution < 1.29 is 0 Å². The molecule has 0 saturated carbocycles. The van der Waals surface area contributed by atoms with Crippen molar-refractivity contribution >= 4 is 5.82 Å². The highest BCUT2D eigenvalue weighted by Crippen LogP contribution is 2.13. The summed E-state index contributed by atoms with van der Waals surface area (Å²) in [6.45, 7) is 3.84. The van der Waals surface area contributed by atoms with Crippen molar-refractivity contribution in [3.63, 3.8) is 0 Å². The molecule has 4 nitrogen and oxygen atoms in total. The Morgan fingerprint density at radius 3 is 2.56 bits per heavy atom. The van der Waals surface area contributed by atoms with Crippen LogP contribution in [0.3, 0.4) is 0 Å². The Morgan fingerprint density at radius 2 is 1.88 bits per heavy atom. The zero-order valence-corrected chi connectivity index (χ0v) is 9.44. The van der Waals surface area contributed by atoms with E-state index in [0.29, 0.717) is 12.2 Å². The SMILES string of the molecule is Cc1nc(N)c(Cc2ccccn2)nc1C. The molecule has 0 saturated heterocycles. The molecule has 0 bridgehead atoms. The van der Waals surface area contributed by atoms with Gasteiger partial charge in [-0.2, -0.15) is 0 Å². The van der Waals surface area contributed by atoms with Gasteiger partial charge in [-0.25, -0.2) is 4.98 Å². The standard InChI is InChI=1S/C12H14N4/c1-8-9(2)16-12(13)11(15-8)7-10-5-3-4-6-14-10/h3-6H,7H2,1-2H3,(H2,13,16). The molecule has 2 aromatic heterocycles. The van der Waals surface area contributed by atoms with Crippen LogP contribution in [0.2, 0.25) is 0 Å². The molecule has 2 aromatic rings. The third kappa shape index (κ3) is 2.16. The van der Waals surface area contributed by atoms with Crippen molar-refractivity contribution in [2.75, 3.05) is 5.73 Å². The van der Waals surface area contributed by atoms with Gasteiger partial charge in [0.2, 0.25) is 0 Å². The van der Waals surface area contributed by atoms with Crippen LogP contribution >= 0.6 is 0 Å². The molecule has 0 aliphatic carbocycles. The van der Waals surface area contributed by atoms with Crippen molar-refractivity contribution in [1.29, 1.82) is 0 Å². The Balaban J connectivity index is 2.32. The molecular weight excluding hydrogens is 200 g/mol. The number of rotatable bonds is 2. The second kappa shape index (κ2) is 4.26. The van der Waals surface area contributed by atoms with E-state index in [-0.39, 0.29) is 0 Å². The smallest absolute Gasteiger partial charge is 0.145 e. The lowest BCUT2D eigenvalue weighted by Crippen LogP contribution is -2.06. The summed E-state index contributed by atoms with van der Waals surface area (Å²) in [6.07, 6.45) is 2.39. The van der Waals surface area contributed by atoms with Crippen LogP contribution in [0.5, 0.6) is 0 Å². The number of anilines is 1.